The molecule has 0 bridgehead atoms. The van der Waals surface area contributed by atoms with Crippen LogP contribution in [0.2, 0.25) is 0 Å². The number of fused-ring (bicyclic) bond motifs is 1. The molecule has 0 atom stereocenters. The van der Waals surface area contributed by atoms with E-state index in [4.69, 9.17) is 4.74 Å². The van der Waals surface area contributed by atoms with E-state index in [2.05, 4.69) is 15.3 Å². The van der Waals surface area contributed by atoms with Gasteiger partial charge in [0.15, 0.2) is 5.13 Å². The largest absolute Gasteiger partial charge is 0.494 e. The van der Waals surface area contributed by atoms with Gasteiger partial charge >= 0.3 is 0 Å². The molecule has 28 heavy (non-hydrogen) atoms. The number of rotatable bonds is 6. The third-order valence-corrected chi connectivity index (χ3v) is 5.60. The van der Waals surface area contributed by atoms with Gasteiger partial charge in [-0.15, -0.1) is 22.7 Å². The topological polar surface area (TPSA) is 86.1 Å². The number of aromatic nitrogens is 3. The number of carbonyl (C=O) groups is 1. The lowest BCUT2D eigenvalue weighted by Gasteiger charge is -2.07. The number of ether oxygens (including phenoxy) is 1. The van der Waals surface area contributed by atoms with Gasteiger partial charge in [0.05, 0.1) is 18.3 Å². The minimum atomic E-state index is -0.323. The second-order valence-corrected chi connectivity index (χ2v) is 7.60. The van der Waals surface area contributed by atoms with E-state index in [1.54, 1.807) is 11.6 Å². The van der Waals surface area contributed by atoms with Gasteiger partial charge in [-0.1, -0.05) is 12.1 Å². The Morgan fingerprint density at radius 1 is 1.21 bits per heavy atom. The molecule has 1 aromatic carbocycles. The minimum Gasteiger partial charge on any atom is -0.494 e. The summed E-state index contributed by atoms with van der Waals surface area (Å²) < 4.78 is 6.79. The van der Waals surface area contributed by atoms with Crippen LogP contribution in [0.1, 0.15) is 6.92 Å². The number of benzene rings is 1. The van der Waals surface area contributed by atoms with Gasteiger partial charge < -0.3 is 10.1 Å². The third kappa shape index (κ3) is 3.67. The maximum Gasteiger partial charge on any atom is 0.263 e. The molecular formula is C19H16N4O3S2. The first-order chi connectivity index (χ1) is 13.7. The fourth-order valence-electron chi connectivity index (χ4n) is 2.79. The molecule has 0 aliphatic carbocycles. The molecule has 0 saturated carbocycles. The van der Waals surface area contributed by atoms with Crippen molar-refractivity contribution in [2.75, 3.05) is 11.9 Å². The first kappa shape index (κ1) is 18.3. The number of thiazole rings is 1. The second kappa shape index (κ2) is 7.91. The second-order valence-electron chi connectivity index (χ2n) is 5.85. The Bertz CT molecular complexity index is 1160. The molecular weight excluding hydrogens is 396 g/mol. The summed E-state index contributed by atoms with van der Waals surface area (Å²) in [5.74, 6) is 0.455. The van der Waals surface area contributed by atoms with Gasteiger partial charge in [-0.2, -0.15) is 0 Å². The normalized spacial score (nSPS) is 10.9. The Balaban J connectivity index is 1.65. The van der Waals surface area contributed by atoms with E-state index in [9.17, 15) is 9.59 Å². The zero-order valence-corrected chi connectivity index (χ0v) is 16.5. The Kier molecular flexibility index (Phi) is 5.18. The monoisotopic (exact) mass is 412 g/mol. The van der Waals surface area contributed by atoms with Crippen LogP contribution in [0.5, 0.6) is 5.75 Å². The molecule has 0 fully saturated rings. The Hall–Kier alpha value is -3.04. The van der Waals surface area contributed by atoms with Crippen LogP contribution in [0.3, 0.4) is 0 Å². The van der Waals surface area contributed by atoms with Crippen LogP contribution in [0.25, 0.3) is 21.3 Å². The SMILES string of the molecule is CCOc1ccc(-c2csc3ncn(CC(=O)Nc4nccs4)c(=O)c23)cc1. The lowest BCUT2D eigenvalue weighted by molar-refractivity contribution is -0.116. The summed E-state index contributed by atoms with van der Waals surface area (Å²) in [6.45, 7) is 2.40. The zero-order valence-electron chi connectivity index (χ0n) is 14.9. The number of nitrogens with one attached hydrogen (secondary N) is 1. The number of amides is 1. The highest BCUT2D eigenvalue weighted by Crippen LogP contribution is 2.31. The highest BCUT2D eigenvalue weighted by Gasteiger charge is 2.15. The molecule has 1 amide bonds. The van der Waals surface area contributed by atoms with E-state index in [0.29, 0.717) is 22.0 Å². The number of hydrogen-bond donors (Lipinski definition) is 1. The van der Waals surface area contributed by atoms with Crippen LogP contribution in [0, 0.1) is 0 Å². The van der Waals surface area contributed by atoms with Gasteiger partial charge in [-0.3, -0.25) is 14.2 Å². The van der Waals surface area contributed by atoms with E-state index in [-0.39, 0.29) is 18.0 Å². The predicted octanol–water partition coefficient (Wildman–Crippen LogP) is 3.62. The summed E-state index contributed by atoms with van der Waals surface area (Å²) in [6, 6.07) is 7.58. The van der Waals surface area contributed by atoms with Crippen molar-refractivity contribution >= 4 is 43.9 Å². The first-order valence-electron chi connectivity index (χ1n) is 8.55. The maximum atomic E-state index is 13.0. The summed E-state index contributed by atoms with van der Waals surface area (Å²) in [5, 5.41) is 7.36. The summed E-state index contributed by atoms with van der Waals surface area (Å²) in [6.07, 6.45) is 3.01. The highest BCUT2D eigenvalue weighted by atomic mass is 32.1. The number of hydrogen-bond acceptors (Lipinski definition) is 7. The summed E-state index contributed by atoms with van der Waals surface area (Å²) in [7, 11) is 0. The van der Waals surface area contributed by atoms with Crippen molar-refractivity contribution < 1.29 is 9.53 Å². The molecule has 0 radical (unpaired) electrons. The molecule has 3 heterocycles. The van der Waals surface area contributed by atoms with Crippen molar-refractivity contribution in [3.8, 4) is 16.9 Å². The van der Waals surface area contributed by atoms with Gasteiger partial charge in [-0.25, -0.2) is 9.97 Å². The van der Waals surface area contributed by atoms with E-state index in [1.807, 2.05) is 36.6 Å². The third-order valence-electron chi connectivity index (χ3n) is 4.03. The van der Waals surface area contributed by atoms with Crippen molar-refractivity contribution in [1.29, 1.82) is 0 Å². The number of thiophene rings is 1. The van der Waals surface area contributed by atoms with E-state index < -0.39 is 0 Å². The average molecular weight is 412 g/mol. The fourth-order valence-corrected chi connectivity index (χ4v) is 4.24. The molecule has 4 aromatic rings. The van der Waals surface area contributed by atoms with Crippen molar-refractivity contribution in [1.82, 2.24) is 14.5 Å². The minimum absolute atomic E-state index is 0.125. The van der Waals surface area contributed by atoms with E-state index in [1.165, 1.54) is 33.6 Å². The standard InChI is InChI=1S/C19H16N4O3S2/c1-2-26-13-5-3-12(4-6-13)14-10-28-17-16(14)18(25)23(11-21-17)9-15(24)22-19-20-7-8-27-19/h3-8,10-11H,2,9H2,1H3,(H,20,22,24). The van der Waals surface area contributed by atoms with Gasteiger partial charge in [0, 0.05) is 22.5 Å². The molecule has 0 unspecified atom stereocenters. The molecule has 7 nitrogen and oxygen atoms in total. The highest BCUT2D eigenvalue weighted by molar-refractivity contribution is 7.17. The molecule has 9 heteroatoms. The predicted molar refractivity (Wildman–Crippen MR) is 111 cm³/mol. The Labute approximate surface area is 168 Å². The molecule has 1 N–H and O–H groups in total. The van der Waals surface area contributed by atoms with Crippen LogP contribution in [-0.2, 0) is 11.3 Å². The summed E-state index contributed by atoms with van der Waals surface area (Å²) >= 11 is 2.72. The lowest BCUT2D eigenvalue weighted by atomic mass is 10.1. The van der Waals surface area contributed by atoms with Crippen LogP contribution >= 0.6 is 22.7 Å². The Morgan fingerprint density at radius 2 is 2.04 bits per heavy atom. The average Bonchev–Trinajstić information content (AvgIpc) is 3.35. The van der Waals surface area contributed by atoms with Gasteiger partial charge in [0.1, 0.15) is 17.1 Å². The smallest absolute Gasteiger partial charge is 0.263 e. The number of nitrogens with zero attached hydrogens (tertiary/aromatic N) is 3. The molecule has 3 aromatic heterocycles. The van der Waals surface area contributed by atoms with Gasteiger partial charge in [0.25, 0.3) is 5.56 Å². The number of anilines is 1. The lowest BCUT2D eigenvalue weighted by Crippen LogP contribution is -2.27. The van der Waals surface area contributed by atoms with Crippen molar-refractivity contribution in [3.63, 3.8) is 0 Å². The molecule has 142 valence electrons. The van der Waals surface area contributed by atoms with Crippen LogP contribution in [0.4, 0.5) is 5.13 Å². The van der Waals surface area contributed by atoms with Gasteiger partial charge in [0.2, 0.25) is 5.91 Å². The maximum absolute atomic E-state index is 13.0. The van der Waals surface area contributed by atoms with Crippen LogP contribution in [0.15, 0.2) is 52.3 Å². The molecule has 0 spiro atoms. The quantitative estimate of drug-likeness (QED) is 0.523. The summed E-state index contributed by atoms with van der Waals surface area (Å²) in [5.41, 5.74) is 1.46. The molecule has 4 rings (SSSR count). The molecule has 0 aliphatic rings. The molecule has 0 aliphatic heterocycles. The van der Waals surface area contributed by atoms with E-state index in [0.717, 1.165) is 16.9 Å². The fraction of sp³-hybridized carbons (Fsp3) is 0.158. The van der Waals surface area contributed by atoms with Crippen LogP contribution < -0.4 is 15.6 Å². The number of carbonyl (C=O) groups excluding carboxylic acids is 1. The van der Waals surface area contributed by atoms with Crippen LogP contribution in [-0.4, -0.2) is 27.0 Å². The van der Waals surface area contributed by atoms with E-state index >= 15 is 0 Å². The van der Waals surface area contributed by atoms with Gasteiger partial charge in [-0.05, 0) is 24.6 Å². The van der Waals surface area contributed by atoms with Crippen molar-refractivity contribution in [3.05, 3.63) is 57.9 Å². The molecule has 0 saturated heterocycles. The Morgan fingerprint density at radius 3 is 2.75 bits per heavy atom. The summed E-state index contributed by atoms with van der Waals surface area (Å²) in [4.78, 5) is 34.2. The zero-order chi connectivity index (χ0) is 19.5. The first-order valence-corrected chi connectivity index (χ1v) is 10.3. The van der Waals surface area contributed by atoms with Crippen molar-refractivity contribution in [2.24, 2.45) is 0 Å². The van der Waals surface area contributed by atoms with Crippen molar-refractivity contribution in [2.45, 2.75) is 13.5 Å².